The number of hydrogen-bond donors (Lipinski definition) is 1. The first kappa shape index (κ1) is 12.5. The summed E-state index contributed by atoms with van der Waals surface area (Å²) in [6.07, 6.45) is 1.57. The van der Waals surface area contributed by atoms with E-state index >= 15 is 0 Å². The van der Waals surface area contributed by atoms with Crippen molar-refractivity contribution in [1.82, 2.24) is 14.9 Å². The van der Waals surface area contributed by atoms with Gasteiger partial charge in [-0.3, -0.25) is 14.6 Å². The summed E-state index contributed by atoms with van der Waals surface area (Å²) < 4.78 is 0. The van der Waals surface area contributed by atoms with Crippen molar-refractivity contribution >= 4 is 22.9 Å². The van der Waals surface area contributed by atoms with Crippen LogP contribution < -0.4 is 0 Å². The van der Waals surface area contributed by atoms with Crippen LogP contribution in [0.5, 0.6) is 0 Å². The molecule has 0 unspecified atom stereocenters. The number of carboxylic acid groups (broad SMARTS) is 1. The van der Waals surface area contributed by atoms with Crippen LogP contribution in [-0.4, -0.2) is 44.9 Å². The molecule has 1 aliphatic rings. The molecule has 2 aromatic rings. The highest BCUT2D eigenvalue weighted by atomic mass is 16.4. The quantitative estimate of drug-likeness (QED) is 0.906. The highest BCUT2D eigenvalue weighted by molar-refractivity contribution is 5.94. The molecular formula is C14H13N3O3. The Balaban J connectivity index is 1.72. The van der Waals surface area contributed by atoms with Gasteiger partial charge in [-0.25, -0.2) is 4.98 Å². The van der Waals surface area contributed by atoms with Crippen LogP contribution in [-0.2, 0) is 4.79 Å². The van der Waals surface area contributed by atoms with Gasteiger partial charge in [-0.15, -0.1) is 0 Å². The zero-order valence-electron chi connectivity index (χ0n) is 10.7. The Kier molecular flexibility index (Phi) is 3.06. The van der Waals surface area contributed by atoms with E-state index in [1.165, 1.54) is 6.20 Å². The lowest BCUT2D eigenvalue weighted by atomic mass is 9.96. The maximum absolute atomic E-state index is 12.2. The van der Waals surface area contributed by atoms with Crippen LogP contribution in [0.3, 0.4) is 0 Å². The fraction of sp³-hybridized carbons (Fsp3) is 0.286. The number of benzene rings is 1. The molecule has 3 rings (SSSR count). The lowest BCUT2D eigenvalue weighted by Crippen LogP contribution is -2.50. The maximum atomic E-state index is 12.2. The van der Waals surface area contributed by atoms with E-state index in [1.54, 1.807) is 4.90 Å². The van der Waals surface area contributed by atoms with Gasteiger partial charge in [0.2, 0.25) is 0 Å². The van der Waals surface area contributed by atoms with Crippen LogP contribution in [0.2, 0.25) is 0 Å². The number of carbonyl (C=O) groups excluding carboxylic acids is 1. The highest BCUT2D eigenvalue weighted by Gasteiger charge is 2.33. The van der Waals surface area contributed by atoms with E-state index in [0.717, 1.165) is 5.52 Å². The Morgan fingerprint density at radius 2 is 1.95 bits per heavy atom. The zero-order valence-corrected chi connectivity index (χ0v) is 10.7. The second-order valence-electron chi connectivity index (χ2n) is 4.92. The molecule has 1 N–H and O–H groups in total. The Morgan fingerprint density at radius 3 is 2.65 bits per heavy atom. The monoisotopic (exact) mass is 271 g/mol. The molecular weight excluding hydrogens is 258 g/mol. The summed E-state index contributed by atoms with van der Waals surface area (Å²) in [5, 5.41) is 8.68. The molecule has 0 aliphatic carbocycles. The lowest BCUT2D eigenvalue weighted by molar-refractivity contribution is -0.139. The summed E-state index contributed by atoms with van der Waals surface area (Å²) in [5.41, 5.74) is 1.73. The number of aliphatic carboxylic acids is 1. The van der Waals surface area contributed by atoms with Gasteiger partial charge in [0.1, 0.15) is 5.69 Å². The number of para-hydroxylation sites is 2. The van der Waals surface area contributed by atoms with Crippen LogP contribution >= 0.6 is 0 Å². The molecule has 1 saturated heterocycles. The van der Waals surface area contributed by atoms with E-state index < -0.39 is 5.97 Å². The van der Waals surface area contributed by atoms with Crippen molar-refractivity contribution in [2.75, 3.05) is 13.1 Å². The lowest BCUT2D eigenvalue weighted by Gasteiger charge is -2.38. The first-order valence-electron chi connectivity index (χ1n) is 6.36. The van der Waals surface area contributed by atoms with Crippen molar-refractivity contribution in [3.63, 3.8) is 0 Å². The molecule has 0 saturated carbocycles. The largest absolute Gasteiger partial charge is 0.481 e. The minimum Gasteiger partial charge on any atom is -0.481 e. The molecule has 2 heterocycles. The highest BCUT2D eigenvalue weighted by Crippen LogP contribution is 2.21. The van der Waals surface area contributed by atoms with Gasteiger partial charge < -0.3 is 10.0 Å². The van der Waals surface area contributed by atoms with Crippen LogP contribution in [0.4, 0.5) is 0 Å². The minimum atomic E-state index is -0.826. The molecule has 1 amide bonds. The third-order valence-corrected chi connectivity index (χ3v) is 3.38. The summed E-state index contributed by atoms with van der Waals surface area (Å²) in [5.74, 6) is -0.970. The Labute approximate surface area is 115 Å². The molecule has 0 atom stereocenters. The summed E-state index contributed by atoms with van der Waals surface area (Å²) in [6, 6.07) is 7.35. The molecule has 6 heteroatoms. The number of aromatic nitrogens is 2. The topological polar surface area (TPSA) is 83.4 Å². The molecule has 1 aromatic carbocycles. The van der Waals surface area contributed by atoms with E-state index in [2.05, 4.69) is 9.97 Å². The van der Waals surface area contributed by atoms with E-state index in [9.17, 15) is 9.59 Å². The van der Waals surface area contributed by atoms with E-state index in [0.29, 0.717) is 24.3 Å². The number of carboxylic acids is 1. The van der Waals surface area contributed by atoms with Crippen LogP contribution in [0.15, 0.2) is 30.5 Å². The van der Waals surface area contributed by atoms with Gasteiger partial charge in [-0.1, -0.05) is 12.1 Å². The second-order valence-corrected chi connectivity index (χ2v) is 4.92. The fourth-order valence-electron chi connectivity index (χ4n) is 2.33. The zero-order chi connectivity index (χ0) is 14.1. The van der Waals surface area contributed by atoms with Gasteiger partial charge in [0.25, 0.3) is 5.91 Å². The number of rotatable bonds is 3. The van der Waals surface area contributed by atoms with Crippen LogP contribution in [0.1, 0.15) is 16.9 Å². The number of fused-ring (bicyclic) bond motifs is 1. The van der Waals surface area contributed by atoms with Gasteiger partial charge in [0, 0.05) is 19.0 Å². The first-order chi connectivity index (χ1) is 9.63. The number of carbonyl (C=O) groups is 2. The summed E-state index contributed by atoms with van der Waals surface area (Å²) >= 11 is 0. The molecule has 0 bridgehead atoms. The third kappa shape index (κ3) is 2.32. The number of likely N-dealkylation sites (tertiary alicyclic amines) is 1. The van der Waals surface area contributed by atoms with Gasteiger partial charge >= 0.3 is 5.97 Å². The molecule has 1 fully saturated rings. The van der Waals surface area contributed by atoms with Crippen molar-refractivity contribution in [3.05, 3.63) is 36.2 Å². The minimum absolute atomic E-state index is 0.0462. The standard InChI is InChI=1S/C14H13N3O3/c18-13(19)5-9-7-17(8-9)14(20)12-6-15-10-3-1-2-4-11(10)16-12/h1-4,6,9H,5,7-8H2,(H,18,19). The maximum Gasteiger partial charge on any atom is 0.303 e. The van der Waals surface area contributed by atoms with E-state index in [1.807, 2.05) is 24.3 Å². The molecule has 1 aromatic heterocycles. The van der Waals surface area contributed by atoms with Gasteiger partial charge in [-0.2, -0.15) is 0 Å². The molecule has 1 aliphatic heterocycles. The van der Waals surface area contributed by atoms with Crippen LogP contribution in [0, 0.1) is 5.92 Å². The van der Waals surface area contributed by atoms with Crippen molar-refractivity contribution in [3.8, 4) is 0 Å². The van der Waals surface area contributed by atoms with Crippen molar-refractivity contribution in [2.45, 2.75) is 6.42 Å². The molecule has 0 radical (unpaired) electrons. The summed E-state index contributed by atoms with van der Waals surface area (Å²) in [4.78, 5) is 32.9. The average Bonchev–Trinajstić information content (AvgIpc) is 2.41. The van der Waals surface area contributed by atoms with Crippen molar-refractivity contribution in [1.29, 1.82) is 0 Å². The SMILES string of the molecule is O=C(O)CC1CN(C(=O)c2cnc3ccccc3n2)C1. The van der Waals surface area contributed by atoms with Crippen molar-refractivity contribution < 1.29 is 14.7 Å². The molecule has 20 heavy (non-hydrogen) atoms. The second kappa shape index (κ2) is 4.88. The number of amides is 1. The Morgan fingerprint density at radius 1 is 1.25 bits per heavy atom. The fourth-order valence-corrected chi connectivity index (χ4v) is 2.33. The molecule has 102 valence electrons. The van der Waals surface area contributed by atoms with Crippen molar-refractivity contribution in [2.24, 2.45) is 5.92 Å². The summed E-state index contributed by atoms with van der Waals surface area (Å²) in [7, 11) is 0. The predicted molar refractivity (Wildman–Crippen MR) is 71.2 cm³/mol. The van der Waals surface area contributed by atoms with E-state index in [4.69, 9.17) is 5.11 Å². The third-order valence-electron chi connectivity index (χ3n) is 3.38. The Hall–Kier alpha value is -2.50. The van der Waals surface area contributed by atoms with Gasteiger partial charge in [0.15, 0.2) is 0 Å². The first-order valence-corrected chi connectivity index (χ1v) is 6.36. The normalized spacial score (nSPS) is 15.1. The predicted octanol–water partition coefficient (Wildman–Crippen LogP) is 1.18. The Bertz CT molecular complexity index is 680. The summed E-state index contributed by atoms with van der Waals surface area (Å²) in [6.45, 7) is 0.944. The van der Waals surface area contributed by atoms with E-state index in [-0.39, 0.29) is 18.2 Å². The molecule has 6 nitrogen and oxygen atoms in total. The number of hydrogen-bond acceptors (Lipinski definition) is 4. The number of nitrogens with zero attached hydrogens (tertiary/aromatic N) is 3. The van der Waals surface area contributed by atoms with Gasteiger partial charge in [0.05, 0.1) is 23.7 Å². The van der Waals surface area contributed by atoms with Crippen LogP contribution in [0.25, 0.3) is 11.0 Å². The molecule has 0 spiro atoms. The average molecular weight is 271 g/mol. The smallest absolute Gasteiger partial charge is 0.303 e. The van der Waals surface area contributed by atoms with Gasteiger partial charge in [-0.05, 0) is 12.1 Å².